The molecule has 0 aromatic heterocycles. The highest BCUT2D eigenvalue weighted by Crippen LogP contribution is 2.23. The van der Waals surface area contributed by atoms with E-state index < -0.39 is 10.0 Å². The smallest absolute Gasteiger partial charge is 0.264 e. The molecule has 156 valence electrons. The number of amides is 1. The number of sulfonamides is 1. The van der Waals surface area contributed by atoms with Gasteiger partial charge < -0.3 is 10.4 Å². The second kappa shape index (κ2) is 8.59. The summed E-state index contributed by atoms with van der Waals surface area (Å²) in [7, 11) is -2.23. The van der Waals surface area contributed by atoms with Gasteiger partial charge in [0.15, 0.2) is 0 Å². The molecule has 7 heteroatoms. The number of rotatable bonds is 6. The van der Waals surface area contributed by atoms with Crippen LogP contribution >= 0.6 is 0 Å². The first kappa shape index (κ1) is 21.4. The minimum atomic E-state index is -3.73. The van der Waals surface area contributed by atoms with Gasteiger partial charge in [-0.3, -0.25) is 9.10 Å². The number of phenolic OH excluding ortho intramolecular Hbond substituents is 1. The normalized spacial score (nSPS) is 11.2. The molecule has 1 amide bonds. The van der Waals surface area contributed by atoms with Gasteiger partial charge in [0.2, 0.25) is 0 Å². The van der Waals surface area contributed by atoms with Crippen molar-refractivity contribution in [1.82, 2.24) is 5.32 Å². The van der Waals surface area contributed by atoms with Gasteiger partial charge in [0.05, 0.1) is 10.6 Å². The van der Waals surface area contributed by atoms with Crippen molar-refractivity contribution in [2.75, 3.05) is 11.4 Å². The molecule has 0 aliphatic rings. The van der Waals surface area contributed by atoms with Crippen molar-refractivity contribution in [1.29, 1.82) is 0 Å². The lowest BCUT2D eigenvalue weighted by atomic mass is 10.1. The summed E-state index contributed by atoms with van der Waals surface area (Å²) in [5.41, 5.74) is 3.29. The summed E-state index contributed by atoms with van der Waals surface area (Å²) < 4.78 is 26.8. The number of nitrogens with one attached hydrogen (secondary N) is 1. The number of aromatic hydroxyl groups is 1. The number of para-hydroxylation sites is 1. The fourth-order valence-corrected chi connectivity index (χ4v) is 4.34. The average molecular weight is 425 g/mol. The van der Waals surface area contributed by atoms with Gasteiger partial charge in [0, 0.05) is 19.2 Å². The topological polar surface area (TPSA) is 86.7 Å². The number of hydrogen-bond donors (Lipinski definition) is 2. The van der Waals surface area contributed by atoms with Gasteiger partial charge in [-0.1, -0.05) is 30.3 Å². The molecule has 0 heterocycles. The SMILES string of the molecule is Cc1cc(CNC(=O)c2ccc(S(=O)(=O)N(C)c3ccccc3)cc2)cc(C)c1O. The Hall–Kier alpha value is -3.32. The number of aryl methyl sites for hydroxylation is 2. The Labute approximate surface area is 176 Å². The predicted octanol–water partition coefficient (Wildman–Crippen LogP) is 3.76. The average Bonchev–Trinajstić information content (AvgIpc) is 2.75. The van der Waals surface area contributed by atoms with Gasteiger partial charge in [-0.2, -0.15) is 0 Å². The molecule has 0 unspecified atom stereocenters. The van der Waals surface area contributed by atoms with Crippen LogP contribution in [-0.2, 0) is 16.6 Å². The third kappa shape index (κ3) is 4.46. The zero-order chi connectivity index (χ0) is 21.9. The van der Waals surface area contributed by atoms with Gasteiger partial charge in [-0.05, 0) is 66.9 Å². The molecular formula is C23H24N2O4S. The molecule has 6 nitrogen and oxygen atoms in total. The molecule has 0 atom stereocenters. The molecule has 0 bridgehead atoms. The summed E-state index contributed by atoms with van der Waals surface area (Å²) in [5.74, 6) is -0.0545. The van der Waals surface area contributed by atoms with Gasteiger partial charge in [-0.15, -0.1) is 0 Å². The minimum absolute atomic E-state index is 0.107. The summed E-state index contributed by atoms with van der Waals surface area (Å²) in [4.78, 5) is 12.6. The Morgan fingerprint density at radius 1 is 0.967 bits per heavy atom. The lowest BCUT2D eigenvalue weighted by Crippen LogP contribution is -2.27. The maximum absolute atomic E-state index is 12.8. The highest BCUT2D eigenvalue weighted by molar-refractivity contribution is 7.92. The largest absolute Gasteiger partial charge is 0.507 e. The number of nitrogens with zero attached hydrogens (tertiary/aromatic N) is 1. The fourth-order valence-electron chi connectivity index (χ4n) is 3.15. The molecule has 3 rings (SSSR count). The number of carbonyl (C=O) groups excluding carboxylic acids is 1. The Morgan fingerprint density at radius 2 is 1.53 bits per heavy atom. The van der Waals surface area contributed by atoms with E-state index in [1.807, 2.05) is 18.2 Å². The minimum Gasteiger partial charge on any atom is -0.507 e. The van der Waals surface area contributed by atoms with E-state index in [2.05, 4.69) is 5.32 Å². The number of anilines is 1. The van der Waals surface area contributed by atoms with Crippen LogP contribution in [0.25, 0.3) is 0 Å². The molecule has 3 aromatic carbocycles. The Morgan fingerprint density at radius 3 is 2.10 bits per heavy atom. The molecule has 0 radical (unpaired) electrons. The van der Waals surface area contributed by atoms with E-state index in [-0.39, 0.29) is 16.6 Å². The van der Waals surface area contributed by atoms with E-state index in [0.717, 1.165) is 16.7 Å². The molecule has 0 saturated heterocycles. The lowest BCUT2D eigenvalue weighted by Gasteiger charge is -2.19. The quantitative estimate of drug-likeness (QED) is 0.631. The van der Waals surface area contributed by atoms with E-state index in [4.69, 9.17) is 0 Å². The first-order chi connectivity index (χ1) is 14.2. The second-order valence-corrected chi connectivity index (χ2v) is 9.06. The van der Waals surface area contributed by atoms with Crippen molar-refractivity contribution in [3.8, 4) is 5.75 Å². The molecule has 0 spiro atoms. The molecule has 0 aliphatic carbocycles. The number of phenols is 1. The van der Waals surface area contributed by atoms with E-state index >= 15 is 0 Å². The standard InChI is InChI=1S/C23H24N2O4S/c1-16-13-18(14-17(2)22(16)26)15-24-23(27)19-9-11-21(12-10-19)30(28,29)25(3)20-7-5-4-6-8-20/h4-14,26H,15H2,1-3H3,(H,24,27). The van der Waals surface area contributed by atoms with Gasteiger partial charge in [0.25, 0.3) is 15.9 Å². The van der Waals surface area contributed by atoms with Gasteiger partial charge in [-0.25, -0.2) is 8.42 Å². The van der Waals surface area contributed by atoms with Crippen molar-refractivity contribution >= 4 is 21.6 Å². The Kier molecular flexibility index (Phi) is 6.12. The zero-order valence-corrected chi connectivity index (χ0v) is 17.9. The van der Waals surface area contributed by atoms with Crippen LogP contribution in [0.3, 0.4) is 0 Å². The van der Waals surface area contributed by atoms with Crippen molar-refractivity contribution < 1.29 is 18.3 Å². The molecule has 30 heavy (non-hydrogen) atoms. The predicted molar refractivity (Wildman–Crippen MR) is 117 cm³/mol. The van der Waals surface area contributed by atoms with Crippen LogP contribution in [0, 0.1) is 13.8 Å². The van der Waals surface area contributed by atoms with Crippen LogP contribution in [0.1, 0.15) is 27.0 Å². The van der Waals surface area contributed by atoms with E-state index in [1.165, 1.54) is 35.6 Å². The first-order valence-electron chi connectivity index (χ1n) is 9.41. The summed E-state index contributed by atoms with van der Waals surface area (Å²) in [6.07, 6.45) is 0. The molecular weight excluding hydrogens is 400 g/mol. The summed E-state index contributed by atoms with van der Waals surface area (Å²) in [6, 6.07) is 18.3. The summed E-state index contributed by atoms with van der Waals surface area (Å²) >= 11 is 0. The van der Waals surface area contributed by atoms with Crippen molar-refractivity contribution in [3.63, 3.8) is 0 Å². The highest BCUT2D eigenvalue weighted by Gasteiger charge is 2.21. The lowest BCUT2D eigenvalue weighted by molar-refractivity contribution is 0.0951. The van der Waals surface area contributed by atoms with E-state index in [0.29, 0.717) is 17.8 Å². The van der Waals surface area contributed by atoms with Crippen LogP contribution in [0.4, 0.5) is 5.69 Å². The third-order valence-electron chi connectivity index (χ3n) is 4.90. The maximum Gasteiger partial charge on any atom is 0.264 e. The first-order valence-corrected chi connectivity index (χ1v) is 10.9. The number of benzene rings is 3. The molecule has 0 fully saturated rings. The van der Waals surface area contributed by atoms with Crippen molar-refractivity contribution in [3.05, 3.63) is 89.0 Å². The van der Waals surface area contributed by atoms with Gasteiger partial charge in [0.1, 0.15) is 5.75 Å². The van der Waals surface area contributed by atoms with Crippen LogP contribution in [-0.4, -0.2) is 26.5 Å². The van der Waals surface area contributed by atoms with Crippen LogP contribution in [0.5, 0.6) is 5.75 Å². The fraction of sp³-hybridized carbons (Fsp3) is 0.174. The van der Waals surface area contributed by atoms with Crippen LogP contribution in [0.15, 0.2) is 71.6 Å². The van der Waals surface area contributed by atoms with Crippen molar-refractivity contribution in [2.24, 2.45) is 0 Å². The van der Waals surface area contributed by atoms with Gasteiger partial charge >= 0.3 is 0 Å². The Balaban J connectivity index is 1.71. The Bertz CT molecular complexity index is 1130. The van der Waals surface area contributed by atoms with Crippen LogP contribution in [0.2, 0.25) is 0 Å². The monoisotopic (exact) mass is 424 g/mol. The maximum atomic E-state index is 12.8. The zero-order valence-electron chi connectivity index (χ0n) is 17.1. The van der Waals surface area contributed by atoms with Crippen molar-refractivity contribution in [2.45, 2.75) is 25.3 Å². The van der Waals surface area contributed by atoms with E-state index in [9.17, 15) is 18.3 Å². The van der Waals surface area contributed by atoms with Crippen LogP contribution < -0.4 is 9.62 Å². The number of carbonyl (C=O) groups is 1. The second-order valence-electron chi connectivity index (χ2n) is 7.09. The molecule has 2 N–H and O–H groups in total. The highest BCUT2D eigenvalue weighted by atomic mass is 32.2. The third-order valence-corrected chi connectivity index (χ3v) is 6.70. The molecule has 3 aromatic rings. The summed E-state index contributed by atoms with van der Waals surface area (Å²) in [6.45, 7) is 3.91. The number of hydrogen-bond acceptors (Lipinski definition) is 4. The summed E-state index contributed by atoms with van der Waals surface area (Å²) in [5, 5.41) is 12.7. The van der Waals surface area contributed by atoms with E-state index in [1.54, 1.807) is 38.1 Å². The molecule has 0 aliphatic heterocycles. The molecule has 0 saturated carbocycles.